The van der Waals surface area contributed by atoms with E-state index in [1.54, 1.807) is 24.3 Å². The molecule has 1 saturated heterocycles. The monoisotopic (exact) mass is 486 g/mol. The van der Waals surface area contributed by atoms with Crippen molar-refractivity contribution in [3.63, 3.8) is 0 Å². The standard InChI is InChI=1S/C13H10N2O4.2C2HF3O2/c16-10-6-5-9(11(17)14-10)15-12(18)7-3-1-2-4-8(7)13(15)19;2*3-2(4,5)1(6)7/h1-4,9H,5-6H2,(H,14,16,17);2*(H,6,7). The van der Waals surface area contributed by atoms with Crippen molar-refractivity contribution in [1.29, 1.82) is 0 Å². The van der Waals surface area contributed by atoms with E-state index < -0.39 is 48.1 Å². The second-order valence-corrected chi connectivity index (χ2v) is 6.10. The lowest BCUT2D eigenvalue weighted by molar-refractivity contribution is -0.193. The Hall–Kier alpha value is -3.98. The summed E-state index contributed by atoms with van der Waals surface area (Å²) in [5.41, 5.74) is 0.606. The number of aliphatic carboxylic acids is 2. The minimum atomic E-state index is -5.08. The fraction of sp³-hybridized carbons (Fsp3) is 0.294. The molecule has 16 heteroatoms. The van der Waals surface area contributed by atoms with Gasteiger partial charge in [-0.25, -0.2) is 9.59 Å². The Kier molecular flexibility index (Phi) is 8.27. The molecule has 180 valence electrons. The molecule has 2 heterocycles. The zero-order valence-electron chi connectivity index (χ0n) is 15.9. The number of piperidine rings is 1. The number of carboxylic acid groups (broad SMARTS) is 2. The molecule has 1 fully saturated rings. The van der Waals surface area contributed by atoms with Gasteiger partial charge in [0.25, 0.3) is 11.8 Å². The van der Waals surface area contributed by atoms with Crippen LogP contribution in [0.15, 0.2) is 24.3 Å². The number of fused-ring (bicyclic) bond motifs is 1. The molecule has 2 aliphatic rings. The number of nitrogens with one attached hydrogen (secondary N) is 1. The van der Waals surface area contributed by atoms with Crippen molar-refractivity contribution in [1.82, 2.24) is 10.2 Å². The number of carboxylic acids is 2. The predicted octanol–water partition coefficient (Wildman–Crippen LogP) is 1.35. The largest absolute Gasteiger partial charge is 0.490 e. The molecular weight excluding hydrogens is 474 g/mol. The average Bonchev–Trinajstić information content (AvgIpc) is 2.93. The van der Waals surface area contributed by atoms with E-state index in [9.17, 15) is 45.5 Å². The summed E-state index contributed by atoms with van der Waals surface area (Å²) in [6.45, 7) is 0. The van der Waals surface area contributed by atoms with Crippen LogP contribution in [-0.2, 0) is 19.2 Å². The van der Waals surface area contributed by atoms with Gasteiger partial charge < -0.3 is 10.2 Å². The maximum Gasteiger partial charge on any atom is 0.490 e. The molecule has 0 aromatic heterocycles. The lowest BCUT2D eigenvalue weighted by Crippen LogP contribution is -2.54. The van der Waals surface area contributed by atoms with Gasteiger partial charge in [-0.15, -0.1) is 0 Å². The van der Waals surface area contributed by atoms with Gasteiger partial charge in [0.05, 0.1) is 11.1 Å². The Morgan fingerprint density at radius 1 is 0.848 bits per heavy atom. The van der Waals surface area contributed by atoms with Gasteiger partial charge in [0.15, 0.2) is 0 Å². The Balaban J connectivity index is 0.000000324. The van der Waals surface area contributed by atoms with Crippen LogP contribution in [0.3, 0.4) is 0 Å². The highest BCUT2D eigenvalue weighted by Crippen LogP contribution is 2.27. The van der Waals surface area contributed by atoms with Gasteiger partial charge in [0.2, 0.25) is 11.8 Å². The van der Waals surface area contributed by atoms with E-state index in [0.717, 1.165) is 4.90 Å². The van der Waals surface area contributed by atoms with Crippen LogP contribution < -0.4 is 5.32 Å². The Morgan fingerprint density at radius 3 is 1.52 bits per heavy atom. The third kappa shape index (κ3) is 7.01. The van der Waals surface area contributed by atoms with Crippen molar-refractivity contribution in [3.05, 3.63) is 35.4 Å². The Labute approximate surface area is 178 Å². The van der Waals surface area contributed by atoms with Crippen LogP contribution in [-0.4, -0.2) is 69.1 Å². The number of alkyl halides is 6. The lowest BCUT2D eigenvalue weighted by Gasteiger charge is -2.27. The van der Waals surface area contributed by atoms with Gasteiger partial charge in [-0.2, -0.15) is 26.3 Å². The maximum absolute atomic E-state index is 12.2. The average molecular weight is 486 g/mol. The van der Waals surface area contributed by atoms with Crippen LogP contribution in [0, 0.1) is 0 Å². The first-order valence-corrected chi connectivity index (χ1v) is 8.39. The molecule has 3 N–H and O–H groups in total. The molecule has 1 aromatic rings. The molecule has 0 radical (unpaired) electrons. The number of hydrogen-bond donors (Lipinski definition) is 3. The number of carbonyl (C=O) groups excluding carboxylic acids is 4. The predicted molar refractivity (Wildman–Crippen MR) is 90.5 cm³/mol. The highest BCUT2D eigenvalue weighted by Gasteiger charge is 2.44. The first-order chi connectivity index (χ1) is 15.0. The Bertz CT molecular complexity index is 929. The molecule has 33 heavy (non-hydrogen) atoms. The van der Waals surface area contributed by atoms with Crippen molar-refractivity contribution < 1.29 is 65.3 Å². The molecule has 3 rings (SSSR count). The molecule has 1 atom stereocenters. The molecule has 10 nitrogen and oxygen atoms in total. The number of imide groups is 2. The summed E-state index contributed by atoms with van der Waals surface area (Å²) in [6, 6.07) is 5.55. The van der Waals surface area contributed by atoms with Crippen molar-refractivity contribution >= 4 is 35.6 Å². The molecule has 0 aliphatic carbocycles. The van der Waals surface area contributed by atoms with Gasteiger partial charge in [0, 0.05) is 6.42 Å². The van der Waals surface area contributed by atoms with Gasteiger partial charge in [-0.3, -0.25) is 29.4 Å². The van der Waals surface area contributed by atoms with E-state index in [0.29, 0.717) is 11.1 Å². The number of nitrogens with zero attached hydrogens (tertiary/aromatic N) is 1. The highest BCUT2D eigenvalue weighted by molar-refractivity contribution is 6.23. The molecule has 4 amide bonds. The molecule has 0 spiro atoms. The van der Waals surface area contributed by atoms with E-state index in [1.807, 2.05) is 0 Å². The third-order valence-corrected chi connectivity index (χ3v) is 3.83. The zero-order valence-corrected chi connectivity index (χ0v) is 15.9. The van der Waals surface area contributed by atoms with Crippen LogP contribution in [0.4, 0.5) is 26.3 Å². The van der Waals surface area contributed by atoms with E-state index >= 15 is 0 Å². The first kappa shape index (κ1) is 27.1. The lowest BCUT2D eigenvalue weighted by atomic mass is 10.0. The number of hydrogen-bond acceptors (Lipinski definition) is 6. The number of rotatable bonds is 1. The number of halogens is 6. The van der Waals surface area contributed by atoms with E-state index in [4.69, 9.17) is 19.8 Å². The summed E-state index contributed by atoms with van der Waals surface area (Å²) in [6.07, 6.45) is -9.86. The fourth-order valence-corrected chi connectivity index (χ4v) is 2.42. The summed E-state index contributed by atoms with van der Waals surface area (Å²) in [5, 5.41) is 16.4. The SMILES string of the molecule is O=C(O)C(F)(F)F.O=C(O)C(F)(F)F.O=C1CCC(N2C(=O)c3ccccc3C2=O)C(=O)N1. The second-order valence-electron chi connectivity index (χ2n) is 6.10. The molecule has 0 bridgehead atoms. The van der Waals surface area contributed by atoms with Crippen molar-refractivity contribution in [2.75, 3.05) is 0 Å². The summed E-state index contributed by atoms with van der Waals surface area (Å²) in [4.78, 5) is 65.9. The van der Waals surface area contributed by atoms with Crippen LogP contribution in [0.1, 0.15) is 33.6 Å². The first-order valence-electron chi connectivity index (χ1n) is 8.39. The highest BCUT2D eigenvalue weighted by atomic mass is 19.4. The molecule has 2 aliphatic heterocycles. The van der Waals surface area contributed by atoms with Gasteiger partial charge in [0.1, 0.15) is 6.04 Å². The van der Waals surface area contributed by atoms with Crippen LogP contribution in [0.5, 0.6) is 0 Å². The van der Waals surface area contributed by atoms with E-state index in [-0.39, 0.29) is 18.7 Å². The minimum Gasteiger partial charge on any atom is -0.475 e. The molecule has 1 unspecified atom stereocenters. The fourth-order valence-electron chi connectivity index (χ4n) is 2.42. The summed E-state index contributed by atoms with van der Waals surface area (Å²) >= 11 is 0. The van der Waals surface area contributed by atoms with E-state index in [2.05, 4.69) is 5.32 Å². The topological polar surface area (TPSA) is 158 Å². The van der Waals surface area contributed by atoms with Crippen molar-refractivity contribution in [3.8, 4) is 0 Å². The van der Waals surface area contributed by atoms with Crippen molar-refractivity contribution in [2.24, 2.45) is 0 Å². The number of benzene rings is 1. The molecular formula is C17H12F6N2O8. The van der Waals surface area contributed by atoms with Crippen LogP contribution in [0.2, 0.25) is 0 Å². The third-order valence-electron chi connectivity index (χ3n) is 3.83. The Morgan fingerprint density at radius 2 is 1.21 bits per heavy atom. The molecule has 1 aromatic carbocycles. The zero-order chi connectivity index (χ0) is 25.7. The number of carbonyl (C=O) groups is 6. The van der Waals surface area contributed by atoms with Crippen molar-refractivity contribution in [2.45, 2.75) is 31.2 Å². The summed E-state index contributed by atoms with van der Waals surface area (Å²) in [7, 11) is 0. The van der Waals surface area contributed by atoms with Crippen LogP contribution in [0.25, 0.3) is 0 Å². The van der Waals surface area contributed by atoms with Crippen LogP contribution >= 0.6 is 0 Å². The summed E-state index contributed by atoms with van der Waals surface area (Å²) < 4.78 is 63.5. The van der Waals surface area contributed by atoms with Gasteiger partial charge >= 0.3 is 24.3 Å². The molecule has 0 saturated carbocycles. The quantitative estimate of drug-likeness (QED) is 0.397. The van der Waals surface area contributed by atoms with E-state index in [1.165, 1.54) is 0 Å². The maximum atomic E-state index is 12.2. The normalized spacial score (nSPS) is 17.8. The summed E-state index contributed by atoms with van der Waals surface area (Å²) in [5.74, 6) is -7.44. The van der Waals surface area contributed by atoms with Gasteiger partial charge in [-0.1, -0.05) is 12.1 Å². The van der Waals surface area contributed by atoms with Gasteiger partial charge in [-0.05, 0) is 18.6 Å². The minimum absolute atomic E-state index is 0.129. The smallest absolute Gasteiger partial charge is 0.475 e. The second kappa shape index (κ2) is 10.1. The number of amides is 4.